The number of amides is 1. The van der Waals surface area contributed by atoms with Crippen LogP contribution in [0.3, 0.4) is 0 Å². The summed E-state index contributed by atoms with van der Waals surface area (Å²) in [6.07, 6.45) is 6.00. The lowest BCUT2D eigenvalue weighted by Crippen LogP contribution is -2.37. The molecular weight excluding hydrogens is 260 g/mol. The van der Waals surface area contributed by atoms with E-state index in [1.54, 1.807) is 18.0 Å². The summed E-state index contributed by atoms with van der Waals surface area (Å²) in [5, 5.41) is 11.1. The van der Waals surface area contributed by atoms with Crippen LogP contribution in [0.15, 0.2) is 18.5 Å². The second-order valence-electron chi connectivity index (χ2n) is 4.96. The van der Waals surface area contributed by atoms with Crippen molar-refractivity contribution in [1.29, 1.82) is 0 Å². The highest BCUT2D eigenvalue weighted by Gasteiger charge is 2.15. The molecule has 19 heavy (non-hydrogen) atoms. The smallest absolute Gasteiger partial charge is 0.230 e. The molecule has 1 saturated heterocycles. The highest BCUT2D eigenvalue weighted by atomic mass is 32.2. The van der Waals surface area contributed by atoms with Gasteiger partial charge in [0.2, 0.25) is 5.91 Å². The number of carbonyl (C=O) groups excluding carboxylic acids is 1. The van der Waals surface area contributed by atoms with Gasteiger partial charge in [-0.15, -0.1) is 11.8 Å². The molecule has 0 saturated carbocycles. The summed E-state index contributed by atoms with van der Waals surface area (Å²) in [6, 6.07) is 2.00. The van der Waals surface area contributed by atoms with Crippen LogP contribution in [-0.4, -0.2) is 45.8 Å². The molecule has 1 aliphatic rings. The van der Waals surface area contributed by atoms with Gasteiger partial charge in [-0.2, -0.15) is 5.10 Å². The van der Waals surface area contributed by atoms with Crippen LogP contribution in [0.2, 0.25) is 0 Å². The standard InChI is InChI=1S/C13H22N4OS/c1-11(9-17-8-2-5-15-17)16-13(18)10-19-12-3-6-14-7-4-12/h2,5,8,11-12,14H,3-4,6-7,9-10H2,1H3,(H,16,18). The van der Waals surface area contributed by atoms with Gasteiger partial charge in [0.25, 0.3) is 0 Å². The van der Waals surface area contributed by atoms with Gasteiger partial charge in [-0.05, 0) is 38.9 Å². The van der Waals surface area contributed by atoms with Gasteiger partial charge in [0.15, 0.2) is 0 Å². The Morgan fingerprint density at radius 1 is 1.58 bits per heavy atom. The largest absolute Gasteiger partial charge is 0.351 e. The first-order chi connectivity index (χ1) is 9.24. The number of aromatic nitrogens is 2. The third-order valence-electron chi connectivity index (χ3n) is 3.16. The summed E-state index contributed by atoms with van der Waals surface area (Å²) in [4.78, 5) is 11.8. The molecule has 1 amide bonds. The summed E-state index contributed by atoms with van der Waals surface area (Å²) >= 11 is 1.78. The molecule has 0 aliphatic carbocycles. The van der Waals surface area contributed by atoms with Crippen LogP contribution in [-0.2, 0) is 11.3 Å². The van der Waals surface area contributed by atoms with Gasteiger partial charge < -0.3 is 10.6 Å². The van der Waals surface area contributed by atoms with Crippen molar-refractivity contribution in [3.63, 3.8) is 0 Å². The number of thioether (sulfide) groups is 1. The number of nitrogens with one attached hydrogen (secondary N) is 2. The third kappa shape index (κ3) is 5.24. The number of piperidine rings is 1. The molecule has 106 valence electrons. The van der Waals surface area contributed by atoms with E-state index in [2.05, 4.69) is 15.7 Å². The Morgan fingerprint density at radius 2 is 2.37 bits per heavy atom. The lowest BCUT2D eigenvalue weighted by molar-refractivity contribution is -0.119. The van der Waals surface area contributed by atoms with Crippen molar-refractivity contribution in [1.82, 2.24) is 20.4 Å². The highest BCUT2D eigenvalue weighted by molar-refractivity contribution is 8.00. The van der Waals surface area contributed by atoms with E-state index in [4.69, 9.17) is 0 Å². The summed E-state index contributed by atoms with van der Waals surface area (Å²) < 4.78 is 1.84. The molecule has 5 nitrogen and oxygen atoms in total. The Hall–Kier alpha value is -1.01. The molecule has 0 aromatic carbocycles. The van der Waals surface area contributed by atoms with Crippen LogP contribution in [0.25, 0.3) is 0 Å². The Kier molecular flexibility index (Phi) is 5.72. The highest BCUT2D eigenvalue weighted by Crippen LogP contribution is 2.19. The van der Waals surface area contributed by atoms with E-state index < -0.39 is 0 Å². The number of hydrogen-bond acceptors (Lipinski definition) is 4. The molecule has 1 fully saturated rings. The minimum Gasteiger partial charge on any atom is -0.351 e. The van der Waals surface area contributed by atoms with E-state index in [9.17, 15) is 4.79 Å². The molecule has 2 N–H and O–H groups in total. The Bertz CT molecular complexity index is 376. The van der Waals surface area contributed by atoms with E-state index in [-0.39, 0.29) is 11.9 Å². The van der Waals surface area contributed by atoms with E-state index in [1.807, 2.05) is 23.9 Å². The van der Waals surface area contributed by atoms with Gasteiger partial charge in [0, 0.05) is 23.7 Å². The lowest BCUT2D eigenvalue weighted by Gasteiger charge is -2.22. The van der Waals surface area contributed by atoms with Crippen molar-refractivity contribution < 1.29 is 4.79 Å². The number of hydrogen-bond donors (Lipinski definition) is 2. The zero-order valence-electron chi connectivity index (χ0n) is 11.3. The predicted octanol–water partition coefficient (Wildman–Crippen LogP) is 0.873. The topological polar surface area (TPSA) is 59.0 Å². The molecule has 1 aromatic rings. The molecule has 1 aliphatic heterocycles. The molecule has 1 unspecified atom stereocenters. The molecule has 6 heteroatoms. The van der Waals surface area contributed by atoms with Crippen LogP contribution in [0, 0.1) is 0 Å². The molecule has 2 rings (SSSR count). The fraction of sp³-hybridized carbons (Fsp3) is 0.692. The van der Waals surface area contributed by atoms with Gasteiger partial charge in [-0.3, -0.25) is 9.48 Å². The van der Waals surface area contributed by atoms with Gasteiger partial charge in [0.05, 0.1) is 12.3 Å². The second-order valence-corrected chi connectivity index (χ2v) is 6.25. The van der Waals surface area contributed by atoms with Crippen molar-refractivity contribution in [3.8, 4) is 0 Å². The van der Waals surface area contributed by atoms with E-state index in [0.29, 0.717) is 11.0 Å². The minimum absolute atomic E-state index is 0.112. The van der Waals surface area contributed by atoms with Crippen LogP contribution in [0.1, 0.15) is 19.8 Å². The molecule has 1 aromatic heterocycles. The van der Waals surface area contributed by atoms with Crippen molar-refractivity contribution in [3.05, 3.63) is 18.5 Å². The normalized spacial score (nSPS) is 18.2. The molecule has 2 heterocycles. The predicted molar refractivity (Wildman–Crippen MR) is 78.2 cm³/mol. The monoisotopic (exact) mass is 282 g/mol. The quantitative estimate of drug-likeness (QED) is 0.813. The number of rotatable bonds is 6. The van der Waals surface area contributed by atoms with Crippen LogP contribution < -0.4 is 10.6 Å². The zero-order chi connectivity index (χ0) is 13.5. The number of nitrogens with zero attached hydrogens (tertiary/aromatic N) is 2. The van der Waals surface area contributed by atoms with Crippen molar-refractivity contribution in [2.75, 3.05) is 18.8 Å². The van der Waals surface area contributed by atoms with Gasteiger partial charge in [-0.1, -0.05) is 0 Å². The van der Waals surface area contributed by atoms with Crippen LogP contribution in [0.4, 0.5) is 0 Å². The van der Waals surface area contributed by atoms with E-state index in [0.717, 1.165) is 19.6 Å². The maximum absolute atomic E-state index is 11.8. The third-order valence-corrected chi connectivity index (χ3v) is 4.54. The first-order valence-corrected chi connectivity index (χ1v) is 7.88. The first-order valence-electron chi connectivity index (χ1n) is 6.83. The first kappa shape index (κ1) is 14.4. The van der Waals surface area contributed by atoms with Gasteiger partial charge in [-0.25, -0.2) is 0 Å². The maximum atomic E-state index is 11.8. The Labute approximate surface area is 118 Å². The lowest BCUT2D eigenvalue weighted by atomic mass is 10.2. The minimum atomic E-state index is 0.112. The van der Waals surface area contributed by atoms with Gasteiger partial charge >= 0.3 is 0 Å². The van der Waals surface area contributed by atoms with Crippen molar-refractivity contribution in [2.45, 2.75) is 37.6 Å². The van der Waals surface area contributed by atoms with Crippen LogP contribution >= 0.6 is 11.8 Å². The molecule has 0 spiro atoms. The zero-order valence-corrected chi connectivity index (χ0v) is 12.2. The molecular formula is C13H22N4OS. The van der Waals surface area contributed by atoms with E-state index in [1.165, 1.54) is 12.8 Å². The molecule has 0 bridgehead atoms. The average molecular weight is 282 g/mol. The van der Waals surface area contributed by atoms with E-state index >= 15 is 0 Å². The second kappa shape index (κ2) is 7.55. The summed E-state index contributed by atoms with van der Waals surface area (Å²) in [5.41, 5.74) is 0. The molecule has 0 radical (unpaired) electrons. The SMILES string of the molecule is CC(Cn1cccn1)NC(=O)CSC1CCNCC1. The Morgan fingerprint density at radius 3 is 3.05 bits per heavy atom. The fourth-order valence-corrected chi connectivity index (χ4v) is 3.25. The Balaban J connectivity index is 1.63. The fourth-order valence-electron chi connectivity index (χ4n) is 2.21. The van der Waals surface area contributed by atoms with Crippen LogP contribution in [0.5, 0.6) is 0 Å². The van der Waals surface area contributed by atoms with Gasteiger partial charge in [0.1, 0.15) is 0 Å². The summed E-state index contributed by atoms with van der Waals surface area (Å²) in [6.45, 7) is 4.88. The van der Waals surface area contributed by atoms with Crippen molar-refractivity contribution in [2.24, 2.45) is 0 Å². The summed E-state index contributed by atoms with van der Waals surface area (Å²) in [7, 11) is 0. The number of carbonyl (C=O) groups is 1. The average Bonchev–Trinajstić information content (AvgIpc) is 2.90. The maximum Gasteiger partial charge on any atom is 0.230 e. The summed E-state index contributed by atoms with van der Waals surface area (Å²) in [5.74, 6) is 0.692. The van der Waals surface area contributed by atoms with Crippen molar-refractivity contribution >= 4 is 17.7 Å². The molecule has 1 atom stereocenters.